The van der Waals surface area contributed by atoms with Crippen molar-refractivity contribution in [3.63, 3.8) is 0 Å². The van der Waals surface area contributed by atoms with Crippen molar-refractivity contribution in [1.82, 2.24) is 20.4 Å². The first kappa shape index (κ1) is 12.9. The number of carboxylic acids is 1. The molecule has 2 amide bonds. The van der Waals surface area contributed by atoms with Gasteiger partial charge in [0.15, 0.2) is 5.82 Å². The Morgan fingerprint density at radius 2 is 2.24 bits per heavy atom. The number of hydrogen-bond acceptors (Lipinski definition) is 5. The Kier molecular flexibility index (Phi) is 4.44. The number of aromatic nitrogens is 2. The standard InChI is InChI=1S/C9H14N4O4/c1-3-13(5-8(14)15)9(16)10-4-7-11-6(2)12-17-7/h3-5H2,1-2H3,(H,10,16)(H,14,15). The van der Waals surface area contributed by atoms with Crippen molar-refractivity contribution in [2.45, 2.75) is 20.4 Å². The molecule has 0 aliphatic heterocycles. The lowest BCUT2D eigenvalue weighted by Crippen LogP contribution is -2.42. The lowest BCUT2D eigenvalue weighted by molar-refractivity contribution is -0.137. The van der Waals surface area contributed by atoms with Gasteiger partial charge in [-0.05, 0) is 13.8 Å². The summed E-state index contributed by atoms with van der Waals surface area (Å²) in [6.07, 6.45) is 0. The summed E-state index contributed by atoms with van der Waals surface area (Å²) < 4.78 is 4.80. The van der Waals surface area contributed by atoms with Crippen molar-refractivity contribution >= 4 is 12.0 Å². The third-order valence-corrected chi connectivity index (χ3v) is 1.96. The third-order valence-electron chi connectivity index (χ3n) is 1.96. The summed E-state index contributed by atoms with van der Waals surface area (Å²) in [5.74, 6) is -0.301. The fraction of sp³-hybridized carbons (Fsp3) is 0.556. The van der Waals surface area contributed by atoms with E-state index < -0.39 is 12.0 Å². The summed E-state index contributed by atoms with van der Waals surface area (Å²) in [6, 6.07) is -0.481. The summed E-state index contributed by atoms with van der Waals surface area (Å²) in [7, 11) is 0. The normalized spacial score (nSPS) is 10.0. The van der Waals surface area contributed by atoms with E-state index in [1.165, 1.54) is 0 Å². The Balaban J connectivity index is 2.44. The zero-order valence-corrected chi connectivity index (χ0v) is 9.63. The van der Waals surface area contributed by atoms with E-state index in [0.717, 1.165) is 4.90 Å². The molecule has 0 aliphatic rings. The largest absolute Gasteiger partial charge is 0.480 e. The van der Waals surface area contributed by atoms with E-state index >= 15 is 0 Å². The number of amides is 2. The Bertz CT molecular complexity index is 403. The zero-order valence-electron chi connectivity index (χ0n) is 9.63. The molecule has 0 saturated heterocycles. The van der Waals surface area contributed by atoms with Gasteiger partial charge in [0.1, 0.15) is 6.54 Å². The Hall–Kier alpha value is -2.12. The number of rotatable bonds is 5. The number of nitrogens with zero attached hydrogens (tertiary/aromatic N) is 3. The van der Waals surface area contributed by atoms with Gasteiger partial charge in [-0.3, -0.25) is 4.79 Å². The number of aryl methyl sites for hydroxylation is 1. The Morgan fingerprint density at radius 3 is 2.71 bits per heavy atom. The number of carboxylic acid groups (broad SMARTS) is 1. The maximum atomic E-state index is 11.6. The molecule has 1 aromatic heterocycles. The van der Waals surface area contributed by atoms with E-state index in [1.54, 1.807) is 13.8 Å². The van der Waals surface area contributed by atoms with Gasteiger partial charge in [-0.25, -0.2) is 4.79 Å². The van der Waals surface area contributed by atoms with Gasteiger partial charge in [0.05, 0.1) is 6.54 Å². The van der Waals surface area contributed by atoms with E-state index in [4.69, 9.17) is 9.63 Å². The number of nitrogens with one attached hydrogen (secondary N) is 1. The number of carbonyl (C=O) groups is 2. The van der Waals surface area contributed by atoms with Gasteiger partial charge < -0.3 is 19.8 Å². The van der Waals surface area contributed by atoms with Crippen LogP contribution in [0, 0.1) is 6.92 Å². The summed E-state index contributed by atoms with van der Waals surface area (Å²) in [6.45, 7) is 3.40. The maximum Gasteiger partial charge on any atom is 0.323 e. The van der Waals surface area contributed by atoms with E-state index in [-0.39, 0.29) is 19.0 Å². The van der Waals surface area contributed by atoms with Gasteiger partial charge in [0.25, 0.3) is 0 Å². The Labute approximate surface area is 97.6 Å². The van der Waals surface area contributed by atoms with Crippen LogP contribution in [0.2, 0.25) is 0 Å². The summed E-state index contributed by atoms with van der Waals surface area (Å²) in [4.78, 5) is 27.1. The highest BCUT2D eigenvalue weighted by molar-refractivity contribution is 5.79. The Morgan fingerprint density at radius 1 is 1.53 bits per heavy atom. The van der Waals surface area contributed by atoms with Crippen LogP contribution in [0.15, 0.2) is 4.52 Å². The molecular weight excluding hydrogens is 228 g/mol. The highest BCUT2D eigenvalue weighted by Gasteiger charge is 2.15. The molecule has 94 valence electrons. The van der Waals surface area contributed by atoms with E-state index in [0.29, 0.717) is 12.4 Å². The molecule has 0 saturated carbocycles. The van der Waals surface area contributed by atoms with Crippen molar-refractivity contribution in [1.29, 1.82) is 0 Å². The van der Waals surface area contributed by atoms with Crippen molar-refractivity contribution in [2.24, 2.45) is 0 Å². The minimum Gasteiger partial charge on any atom is -0.480 e. The fourth-order valence-corrected chi connectivity index (χ4v) is 1.17. The lowest BCUT2D eigenvalue weighted by atomic mass is 10.5. The van der Waals surface area contributed by atoms with Crippen molar-refractivity contribution in [3.05, 3.63) is 11.7 Å². The van der Waals surface area contributed by atoms with Crippen LogP contribution in [-0.2, 0) is 11.3 Å². The van der Waals surface area contributed by atoms with Gasteiger partial charge >= 0.3 is 12.0 Å². The smallest absolute Gasteiger partial charge is 0.323 e. The highest BCUT2D eigenvalue weighted by Crippen LogP contribution is 1.96. The molecule has 0 atom stereocenters. The van der Waals surface area contributed by atoms with Crippen LogP contribution < -0.4 is 5.32 Å². The van der Waals surface area contributed by atoms with Crippen LogP contribution in [0.1, 0.15) is 18.6 Å². The molecule has 1 rings (SSSR count). The van der Waals surface area contributed by atoms with Gasteiger partial charge in [-0.1, -0.05) is 5.16 Å². The monoisotopic (exact) mass is 242 g/mol. The second-order valence-electron chi connectivity index (χ2n) is 3.30. The van der Waals surface area contributed by atoms with Crippen LogP contribution in [0.25, 0.3) is 0 Å². The average molecular weight is 242 g/mol. The highest BCUT2D eigenvalue weighted by atomic mass is 16.5. The van der Waals surface area contributed by atoms with Crippen LogP contribution in [-0.4, -0.2) is 45.2 Å². The average Bonchev–Trinajstić information content (AvgIpc) is 2.68. The molecule has 8 nitrogen and oxygen atoms in total. The molecule has 0 aromatic carbocycles. The number of hydrogen-bond donors (Lipinski definition) is 2. The van der Waals surface area contributed by atoms with Crippen LogP contribution >= 0.6 is 0 Å². The number of carbonyl (C=O) groups excluding carboxylic acids is 1. The molecule has 0 unspecified atom stereocenters. The molecule has 0 aliphatic carbocycles. The van der Waals surface area contributed by atoms with E-state index in [2.05, 4.69) is 15.5 Å². The predicted octanol–water partition coefficient (Wildman–Crippen LogP) is -0.00588. The maximum absolute atomic E-state index is 11.6. The molecule has 0 spiro atoms. The number of urea groups is 1. The molecule has 2 N–H and O–H groups in total. The van der Waals surface area contributed by atoms with Gasteiger partial charge in [0, 0.05) is 6.54 Å². The van der Waals surface area contributed by atoms with Gasteiger partial charge in [-0.15, -0.1) is 0 Å². The van der Waals surface area contributed by atoms with Crippen LogP contribution in [0.3, 0.4) is 0 Å². The van der Waals surface area contributed by atoms with E-state index in [1.807, 2.05) is 0 Å². The first-order valence-electron chi connectivity index (χ1n) is 5.06. The molecule has 0 bridgehead atoms. The number of likely N-dealkylation sites (N-methyl/N-ethyl adjacent to an activating group) is 1. The first-order chi connectivity index (χ1) is 8.02. The fourth-order valence-electron chi connectivity index (χ4n) is 1.17. The molecule has 1 aromatic rings. The third kappa shape index (κ3) is 4.09. The minimum atomic E-state index is -1.06. The number of aliphatic carboxylic acids is 1. The summed E-state index contributed by atoms with van der Waals surface area (Å²) in [5.41, 5.74) is 0. The van der Waals surface area contributed by atoms with Gasteiger partial charge in [0.2, 0.25) is 5.89 Å². The van der Waals surface area contributed by atoms with Gasteiger partial charge in [-0.2, -0.15) is 4.98 Å². The molecule has 0 fully saturated rings. The topological polar surface area (TPSA) is 109 Å². The molecule has 1 heterocycles. The zero-order chi connectivity index (χ0) is 12.8. The summed E-state index contributed by atoms with van der Waals surface area (Å²) >= 11 is 0. The molecule has 0 radical (unpaired) electrons. The molecule has 8 heteroatoms. The molecule has 17 heavy (non-hydrogen) atoms. The minimum absolute atomic E-state index is 0.0792. The molecular formula is C9H14N4O4. The first-order valence-corrected chi connectivity index (χ1v) is 5.06. The quantitative estimate of drug-likeness (QED) is 0.751. The van der Waals surface area contributed by atoms with Crippen molar-refractivity contribution < 1.29 is 19.2 Å². The van der Waals surface area contributed by atoms with Crippen molar-refractivity contribution in [3.8, 4) is 0 Å². The second-order valence-corrected chi connectivity index (χ2v) is 3.30. The summed E-state index contributed by atoms with van der Waals surface area (Å²) in [5, 5.41) is 14.6. The van der Waals surface area contributed by atoms with E-state index in [9.17, 15) is 9.59 Å². The predicted molar refractivity (Wildman–Crippen MR) is 56.2 cm³/mol. The van der Waals surface area contributed by atoms with Crippen LogP contribution in [0.4, 0.5) is 4.79 Å². The SMILES string of the molecule is CCN(CC(=O)O)C(=O)NCc1nc(C)no1. The van der Waals surface area contributed by atoms with Crippen LogP contribution in [0.5, 0.6) is 0 Å². The second kappa shape index (κ2) is 5.83. The lowest BCUT2D eigenvalue weighted by Gasteiger charge is -2.18. The van der Waals surface area contributed by atoms with Crippen molar-refractivity contribution in [2.75, 3.05) is 13.1 Å².